The van der Waals surface area contributed by atoms with E-state index in [2.05, 4.69) is 37.8 Å². The van der Waals surface area contributed by atoms with Gasteiger partial charge in [-0.05, 0) is 37.5 Å². The van der Waals surface area contributed by atoms with Crippen molar-refractivity contribution in [2.45, 2.75) is 33.1 Å². The predicted octanol–water partition coefficient (Wildman–Crippen LogP) is 4.51. The molecule has 1 heteroatoms. The average molecular weight is 215 g/mol. The smallest absolute Gasteiger partial charge is 0.0449 e. The van der Waals surface area contributed by atoms with Gasteiger partial charge in [-0.3, -0.25) is 0 Å². The Bertz CT molecular complexity index is 335. The summed E-state index contributed by atoms with van der Waals surface area (Å²) in [6.07, 6.45) is 9.52. The molecule has 16 heavy (non-hydrogen) atoms. The van der Waals surface area contributed by atoms with Crippen LogP contribution in [0.15, 0.2) is 49.3 Å². The third-order valence-corrected chi connectivity index (χ3v) is 2.56. The highest BCUT2D eigenvalue weighted by Crippen LogP contribution is 2.17. The second-order valence-corrected chi connectivity index (χ2v) is 3.84. The van der Waals surface area contributed by atoms with E-state index in [0.29, 0.717) is 0 Å². The Kier molecular flexibility index (Phi) is 5.41. The molecule has 0 spiro atoms. The number of rotatable bonds is 6. The number of allylic oxidation sites excluding steroid dienone is 1. The molecule has 0 N–H and O–H groups in total. The monoisotopic (exact) mass is 215 g/mol. The molecule has 0 unspecified atom stereocenters. The maximum absolute atomic E-state index is 3.80. The first-order valence-corrected chi connectivity index (χ1v) is 5.94. The summed E-state index contributed by atoms with van der Waals surface area (Å²) in [5.41, 5.74) is 2.57. The SMILES string of the molecule is C=CN(/C=C\C)c1ccc(CCCC)cc1. The highest BCUT2D eigenvalue weighted by Gasteiger charge is 1.98. The molecular weight excluding hydrogens is 194 g/mol. The third-order valence-electron chi connectivity index (χ3n) is 2.56. The van der Waals surface area contributed by atoms with Gasteiger partial charge in [0.25, 0.3) is 0 Å². The van der Waals surface area contributed by atoms with Crippen LogP contribution in [0, 0.1) is 0 Å². The summed E-state index contributed by atoms with van der Waals surface area (Å²) in [5, 5.41) is 0. The third kappa shape index (κ3) is 3.58. The molecule has 0 atom stereocenters. The molecule has 0 aromatic heterocycles. The lowest BCUT2D eigenvalue weighted by atomic mass is 10.1. The van der Waals surface area contributed by atoms with E-state index in [1.54, 1.807) is 0 Å². The van der Waals surface area contributed by atoms with Gasteiger partial charge in [0.1, 0.15) is 0 Å². The maximum Gasteiger partial charge on any atom is 0.0449 e. The van der Waals surface area contributed by atoms with Crippen LogP contribution in [0.4, 0.5) is 5.69 Å². The van der Waals surface area contributed by atoms with Crippen LogP contribution < -0.4 is 4.90 Å². The van der Waals surface area contributed by atoms with Crippen LogP contribution in [0.25, 0.3) is 0 Å². The van der Waals surface area contributed by atoms with E-state index in [-0.39, 0.29) is 0 Å². The van der Waals surface area contributed by atoms with E-state index < -0.39 is 0 Å². The van der Waals surface area contributed by atoms with Crippen molar-refractivity contribution in [1.82, 2.24) is 0 Å². The highest BCUT2D eigenvalue weighted by molar-refractivity contribution is 5.52. The van der Waals surface area contributed by atoms with Crippen LogP contribution in [-0.4, -0.2) is 0 Å². The zero-order valence-corrected chi connectivity index (χ0v) is 10.3. The summed E-state index contributed by atoms with van der Waals surface area (Å²) >= 11 is 0. The number of nitrogens with zero attached hydrogens (tertiary/aromatic N) is 1. The molecule has 0 heterocycles. The number of hydrogen-bond donors (Lipinski definition) is 0. The zero-order chi connectivity index (χ0) is 11.8. The summed E-state index contributed by atoms with van der Waals surface area (Å²) in [5.74, 6) is 0. The summed E-state index contributed by atoms with van der Waals surface area (Å²) in [4.78, 5) is 2.02. The first-order chi connectivity index (χ1) is 7.81. The van der Waals surface area contributed by atoms with E-state index in [4.69, 9.17) is 0 Å². The molecule has 0 bridgehead atoms. The van der Waals surface area contributed by atoms with Gasteiger partial charge in [-0.15, -0.1) is 0 Å². The number of hydrogen-bond acceptors (Lipinski definition) is 1. The maximum atomic E-state index is 3.80. The Balaban J connectivity index is 2.72. The molecule has 0 saturated heterocycles. The van der Waals surface area contributed by atoms with Crippen molar-refractivity contribution in [3.8, 4) is 0 Å². The predicted molar refractivity (Wildman–Crippen MR) is 72.5 cm³/mol. The van der Waals surface area contributed by atoms with Gasteiger partial charge in [-0.25, -0.2) is 0 Å². The minimum Gasteiger partial charge on any atom is -0.325 e. The zero-order valence-electron chi connectivity index (χ0n) is 10.3. The second-order valence-electron chi connectivity index (χ2n) is 3.84. The largest absolute Gasteiger partial charge is 0.325 e. The van der Waals surface area contributed by atoms with Gasteiger partial charge in [0.15, 0.2) is 0 Å². The fourth-order valence-corrected chi connectivity index (χ4v) is 1.63. The van der Waals surface area contributed by atoms with Crippen molar-refractivity contribution in [1.29, 1.82) is 0 Å². The number of benzene rings is 1. The Morgan fingerprint density at radius 3 is 2.44 bits per heavy atom. The Hall–Kier alpha value is -1.50. The molecule has 0 saturated carbocycles. The molecule has 1 aromatic carbocycles. The fraction of sp³-hybridized carbons (Fsp3) is 0.333. The molecular formula is C15H21N. The van der Waals surface area contributed by atoms with Gasteiger partial charge in [-0.2, -0.15) is 0 Å². The number of aryl methyl sites for hydroxylation is 1. The van der Waals surface area contributed by atoms with Gasteiger partial charge in [0, 0.05) is 18.1 Å². The normalized spacial score (nSPS) is 10.6. The Morgan fingerprint density at radius 2 is 1.94 bits per heavy atom. The molecule has 0 fully saturated rings. The summed E-state index contributed by atoms with van der Waals surface area (Å²) in [6, 6.07) is 8.69. The van der Waals surface area contributed by atoms with Crippen LogP contribution in [-0.2, 0) is 6.42 Å². The fourth-order valence-electron chi connectivity index (χ4n) is 1.63. The van der Waals surface area contributed by atoms with E-state index in [1.165, 1.54) is 24.8 Å². The first-order valence-electron chi connectivity index (χ1n) is 5.94. The Labute approximate surface area is 99.1 Å². The van der Waals surface area contributed by atoms with Crippen molar-refractivity contribution >= 4 is 5.69 Å². The molecule has 0 aliphatic carbocycles. The van der Waals surface area contributed by atoms with Gasteiger partial charge >= 0.3 is 0 Å². The molecule has 1 rings (SSSR count). The van der Waals surface area contributed by atoms with Gasteiger partial charge < -0.3 is 4.90 Å². The molecule has 86 valence electrons. The summed E-state index contributed by atoms with van der Waals surface area (Å²) < 4.78 is 0. The van der Waals surface area contributed by atoms with Crippen molar-refractivity contribution in [2.24, 2.45) is 0 Å². The van der Waals surface area contributed by atoms with Crippen molar-refractivity contribution in [3.63, 3.8) is 0 Å². The van der Waals surface area contributed by atoms with Crippen LogP contribution in [0.2, 0.25) is 0 Å². The lowest BCUT2D eigenvalue weighted by molar-refractivity contribution is 0.795. The van der Waals surface area contributed by atoms with E-state index in [9.17, 15) is 0 Å². The van der Waals surface area contributed by atoms with E-state index >= 15 is 0 Å². The number of unbranched alkanes of at least 4 members (excludes halogenated alkanes) is 1. The van der Waals surface area contributed by atoms with Gasteiger partial charge in [0.2, 0.25) is 0 Å². The molecule has 0 aliphatic heterocycles. The van der Waals surface area contributed by atoms with Crippen LogP contribution in [0.3, 0.4) is 0 Å². The summed E-state index contributed by atoms with van der Waals surface area (Å²) in [7, 11) is 0. The second kappa shape index (κ2) is 6.89. The quantitative estimate of drug-likeness (QED) is 0.674. The average Bonchev–Trinajstić information content (AvgIpc) is 2.34. The molecule has 1 aromatic rings. The van der Waals surface area contributed by atoms with Gasteiger partial charge in [-0.1, -0.05) is 38.1 Å². The van der Waals surface area contributed by atoms with Crippen molar-refractivity contribution in [2.75, 3.05) is 4.90 Å². The molecule has 1 nitrogen and oxygen atoms in total. The van der Waals surface area contributed by atoms with E-state index in [1.807, 2.05) is 30.3 Å². The minimum atomic E-state index is 1.16. The molecule has 0 aliphatic rings. The first kappa shape index (κ1) is 12.6. The Morgan fingerprint density at radius 1 is 1.25 bits per heavy atom. The molecule has 0 radical (unpaired) electrons. The topological polar surface area (TPSA) is 3.24 Å². The lowest BCUT2D eigenvalue weighted by Gasteiger charge is -2.15. The summed E-state index contributed by atoms with van der Waals surface area (Å²) in [6.45, 7) is 8.03. The van der Waals surface area contributed by atoms with E-state index in [0.717, 1.165) is 5.69 Å². The standard InChI is InChI=1S/C15H21N/c1-4-7-8-14-9-11-15(12-10-14)16(6-3)13-5-2/h5-6,9-13H,3-4,7-8H2,1-2H3/b13-5-. The van der Waals surface area contributed by atoms with Crippen LogP contribution in [0.5, 0.6) is 0 Å². The lowest BCUT2D eigenvalue weighted by Crippen LogP contribution is -2.05. The highest BCUT2D eigenvalue weighted by atomic mass is 15.1. The van der Waals surface area contributed by atoms with Gasteiger partial charge in [0.05, 0.1) is 0 Å². The van der Waals surface area contributed by atoms with Crippen molar-refractivity contribution in [3.05, 3.63) is 54.9 Å². The van der Waals surface area contributed by atoms with Crippen LogP contribution >= 0.6 is 0 Å². The van der Waals surface area contributed by atoms with Crippen molar-refractivity contribution < 1.29 is 0 Å². The number of anilines is 1. The van der Waals surface area contributed by atoms with Crippen LogP contribution in [0.1, 0.15) is 32.3 Å². The minimum absolute atomic E-state index is 1.16. The molecule has 0 amide bonds.